The lowest BCUT2D eigenvalue weighted by Gasteiger charge is -2.01. The Morgan fingerprint density at radius 1 is 1.10 bits per heavy atom. The summed E-state index contributed by atoms with van der Waals surface area (Å²) in [6.45, 7) is 0. The highest BCUT2D eigenvalue weighted by atomic mass is 32.1. The largest absolute Gasteiger partial charge is 0.299 e. The molecule has 0 aliphatic rings. The summed E-state index contributed by atoms with van der Waals surface area (Å²) in [5.41, 5.74) is 1.07. The van der Waals surface area contributed by atoms with Gasteiger partial charge in [0, 0.05) is 12.5 Å². The van der Waals surface area contributed by atoms with E-state index in [4.69, 9.17) is 0 Å². The van der Waals surface area contributed by atoms with Crippen LogP contribution in [0.5, 0.6) is 0 Å². The summed E-state index contributed by atoms with van der Waals surface area (Å²) in [6.07, 6.45) is 0.109. The molecule has 3 rings (SSSR count). The third-order valence-corrected chi connectivity index (χ3v) is 4.13. The molecule has 0 aliphatic carbocycles. The number of ketones is 1. The van der Waals surface area contributed by atoms with E-state index in [1.54, 1.807) is 0 Å². The first-order valence-electron chi connectivity index (χ1n) is 6.42. The number of Topliss-reactive ketones (excluding diaryl/α,β-unsaturated/α-hetero) is 1. The number of hydrogen-bond acceptors (Lipinski definition) is 3. The van der Waals surface area contributed by atoms with Crippen LogP contribution in [0.2, 0.25) is 0 Å². The molecule has 0 spiro atoms. The standard InChI is InChI=1S/C16H11F2NOS/c17-11-6-5-10(13(18)8-11)7-12(20)9-16-19-14-3-1-2-4-15(14)21-16/h1-6,8H,7,9H2. The zero-order valence-corrected chi connectivity index (χ0v) is 11.8. The molecule has 0 amide bonds. The molecule has 0 saturated heterocycles. The number of benzene rings is 2. The molecule has 2 nitrogen and oxygen atoms in total. The van der Waals surface area contributed by atoms with E-state index in [2.05, 4.69) is 4.98 Å². The maximum Gasteiger partial charge on any atom is 0.144 e. The predicted molar refractivity (Wildman–Crippen MR) is 78.4 cm³/mol. The van der Waals surface area contributed by atoms with E-state index < -0.39 is 11.6 Å². The fraction of sp³-hybridized carbons (Fsp3) is 0.125. The van der Waals surface area contributed by atoms with Crippen LogP contribution in [-0.4, -0.2) is 10.8 Å². The van der Waals surface area contributed by atoms with Crippen LogP contribution in [0.25, 0.3) is 10.2 Å². The van der Waals surface area contributed by atoms with Crippen molar-refractivity contribution in [1.82, 2.24) is 4.98 Å². The van der Waals surface area contributed by atoms with E-state index in [0.29, 0.717) is 5.01 Å². The van der Waals surface area contributed by atoms with E-state index >= 15 is 0 Å². The van der Waals surface area contributed by atoms with Crippen molar-refractivity contribution in [2.45, 2.75) is 12.8 Å². The highest BCUT2D eigenvalue weighted by Crippen LogP contribution is 2.22. The van der Waals surface area contributed by atoms with Gasteiger partial charge in [-0.1, -0.05) is 18.2 Å². The lowest BCUT2D eigenvalue weighted by Crippen LogP contribution is -2.08. The molecule has 0 fully saturated rings. The van der Waals surface area contributed by atoms with Crippen molar-refractivity contribution in [3.05, 3.63) is 64.7 Å². The summed E-state index contributed by atoms with van der Waals surface area (Å²) in [5, 5.41) is 0.712. The molecule has 1 heterocycles. The number of rotatable bonds is 4. The minimum Gasteiger partial charge on any atom is -0.299 e. The molecule has 3 aromatic rings. The molecule has 106 valence electrons. The van der Waals surface area contributed by atoms with Gasteiger partial charge in [0.2, 0.25) is 0 Å². The molecule has 0 radical (unpaired) electrons. The highest BCUT2D eigenvalue weighted by Gasteiger charge is 2.12. The quantitative estimate of drug-likeness (QED) is 0.731. The number of aromatic nitrogens is 1. The number of thiazole rings is 1. The lowest BCUT2D eigenvalue weighted by atomic mass is 10.1. The fourth-order valence-electron chi connectivity index (χ4n) is 2.10. The normalized spacial score (nSPS) is 11.0. The van der Waals surface area contributed by atoms with Crippen molar-refractivity contribution in [3.63, 3.8) is 0 Å². The Labute approximate surface area is 124 Å². The Bertz CT molecular complexity index is 780. The van der Waals surface area contributed by atoms with Gasteiger partial charge in [0.15, 0.2) is 0 Å². The minimum atomic E-state index is -0.687. The zero-order valence-electron chi connectivity index (χ0n) is 11.0. The van der Waals surface area contributed by atoms with Crippen LogP contribution in [0.1, 0.15) is 10.6 Å². The van der Waals surface area contributed by atoms with E-state index in [1.807, 2.05) is 24.3 Å². The van der Waals surface area contributed by atoms with Crippen molar-refractivity contribution in [1.29, 1.82) is 0 Å². The number of halogens is 2. The van der Waals surface area contributed by atoms with E-state index in [1.165, 1.54) is 17.4 Å². The third-order valence-electron chi connectivity index (χ3n) is 3.09. The molecular formula is C16H11F2NOS. The van der Waals surface area contributed by atoms with Gasteiger partial charge >= 0.3 is 0 Å². The molecule has 0 N–H and O–H groups in total. The average Bonchev–Trinajstić information content (AvgIpc) is 2.84. The van der Waals surface area contributed by atoms with E-state index in [-0.39, 0.29) is 24.2 Å². The van der Waals surface area contributed by atoms with Gasteiger partial charge in [-0.15, -0.1) is 11.3 Å². The van der Waals surface area contributed by atoms with Gasteiger partial charge in [-0.2, -0.15) is 0 Å². The molecule has 0 atom stereocenters. The molecule has 0 unspecified atom stereocenters. The first-order chi connectivity index (χ1) is 10.1. The van der Waals surface area contributed by atoms with Crippen molar-refractivity contribution < 1.29 is 13.6 Å². The van der Waals surface area contributed by atoms with Crippen molar-refractivity contribution >= 4 is 27.3 Å². The van der Waals surface area contributed by atoms with Gasteiger partial charge in [-0.25, -0.2) is 13.8 Å². The van der Waals surface area contributed by atoms with Gasteiger partial charge in [0.25, 0.3) is 0 Å². The van der Waals surface area contributed by atoms with Gasteiger partial charge in [0.05, 0.1) is 16.6 Å². The van der Waals surface area contributed by atoms with Crippen molar-refractivity contribution in [2.24, 2.45) is 0 Å². The highest BCUT2D eigenvalue weighted by molar-refractivity contribution is 7.18. The van der Waals surface area contributed by atoms with Crippen LogP contribution >= 0.6 is 11.3 Å². The maximum absolute atomic E-state index is 13.5. The van der Waals surface area contributed by atoms with Crippen LogP contribution in [0.3, 0.4) is 0 Å². The third kappa shape index (κ3) is 3.13. The summed E-state index contributed by atoms with van der Waals surface area (Å²) in [6, 6.07) is 10.9. The SMILES string of the molecule is O=C(Cc1nc2ccccc2s1)Cc1ccc(F)cc1F. The van der Waals surface area contributed by atoms with E-state index in [9.17, 15) is 13.6 Å². The van der Waals surface area contributed by atoms with Crippen LogP contribution in [-0.2, 0) is 17.6 Å². The predicted octanol–water partition coefficient (Wildman–Crippen LogP) is 3.93. The summed E-state index contributed by atoms with van der Waals surface area (Å²) in [5.74, 6) is -1.47. The Balaban J connectivity index is 1.74. The van der Waals surface area contributed by atoms with Gasteiger partial charge < -0.3 is 0 Å². The van der Waals surface area contributed by atoms with Crippen LogP contribution in [0.4, 0.5) is 8.78 Å². The molecular weight excluding hydrogens is 292 g/mol. The van der Waals surface area contributed by atoms with Gasteiger partial charge in [0.1, 0.15) is 22.4 Å². The number of para-hydroxylation sites is 1. The van der Waals surface area contributed by atoms with Crippen LogP contribution < -0.4 is 0 Å². The second-order valence-electron chi connectivity index (χ2n) is 4.70. The maximum atomic E-state index is 13.5. The Hall–Kier alpha value is -2.14. The monoisotopic (exact) mass is 303 g/mol. The zero-order chi connectivity index (χ0) is 14.8. The molecule has 0 bridgehead atoms. The van der Waals surface area contributed by atoms with Gasteiger partial charge in [-0.05, 0) is 23.8 Å². The van der Waals surface area contributed by atoms with Crippen LogP contribution in [0.15, 0.2) is 42.5 Å². The first-order valence-corrected chi connectivity index (χ1v) is 7.23. The Morgan fingerprint density at radius 2 is 1.90 bits per heavy atom. The summed E-state index contributed by atoms with van der Waals surface area (Å²) < 4.78 is 27.3. The number of carbonyl (C=O) groups is 1. The molecule has 21 heavy (non-hydrogen) atoms. The summed E-state index contributed by atoms with van der Waals surface area (Å²) in [4.78, 5) is 16.4. The second-order valence-corrected chi connectivity index (χ2v) is 5.82. The molecule has 5 heteroatoms. The smallest absolute Gasteiger partial charge is 0.144 e. The fourth-order valence-corrected chi connectivity index (χ4v) is 3.10. The first kappa shape index (κ1) is 13.8. The Morgan fingerprint density at radius 3 is 2.67 bits per heavy atom. The average molecular weight is 303 g/mol. The topological polar surface area (TPSA) is 30.0 Å². The van der Waals surface area contributed by atoms with Gasteiger partial charge in [-0.3, -0.25) is 4.79 Å². The number of hydrogen-bond donors (Lipinski definition) is 0. The van der Waals surface area contributed by atoms with Crippen LogP contribution in [0, 0.1) is 11.6 Å². The van der Waals surface area contributed by atoms with Crippen molar-refractivity contribution in [3.8, 4) is 0 Å². The lowest BCUT2D eigenvalue weighted by molar-refractivity contribution is -0.117. The summed E-state index contributed by atoms with van der Waals surface area (Å²) in [7, 11) is 0. The minimum absolute atomic E-state index is 0.0535. The number of fused-ring (bicyclic) bond motifs is 1. The molecule has 0 aliphatic heterocycles. The number of carbonyl (C=O) groups excluding carboxylic acids is 1. The molecule has 0 saturated carbocycles. The molecule has 1 aromatic heterocycles. The number of nitrogens with zero attached hydrogens (tertiary/aromatic N) is 1. The summed E-state index contributed by atoms with van der Waals surface area (Å²) >= 11 is 1.46. The second kappa shape index (κ2) is 5.69. The Kier molecular flexibility index (Phi) is 3.75. The van der Waals surface area contributed by atoms with Crippen molar-refractivity contribution in [2.75, 3.05) is 0 Å². The van der Waals surface area contributed by atoms with E-state index in [0.717, 1.165) is 22.3 Å². The molecule has 2 aromatic carbocycles.